The van der Waals surface area contributed by atoms with Crippen LogP contribution in [0.1, 0.15) is 65.4 Å². The third-order valence-electron chi connectivity index (χ3n) is 9.03. The molecule has 0 saturated carbocycles. The molecule has 40 heavy (non-hydrogen) atoms. The highest BCUT2D eigenvalue weighted by Crippen LogP contribution is 2.52. The van der Waals surface area contributed by atoms with Crippen molar-refractivity contribution in [2.75, 3.05) is 20.2 Å². The van der Waals surface area contributed by atoms with Gasteiger partial charge in [0.15, 0.2) is 0 Å². The minimum atomic E-state index is -1.19. The van der Waals surface area contributed by atoms with Gasteiger partial charge in [0.2, 0.25) is 11.8 Å². The number of nitrogens with zero attached hydrogens (tertiary/aromatic N) is 2. The van der Waals surface area contributed by atoms with Crippen LogP contribution in [0.2, 0.25) is 0 Å². The lowest BCUT2D eigenvalue weighted by molar-refractivity contribution is -0.180. The first-order valence-electron chi connectivity index (χ1n) is 14.6. The summed E-state index contributed by atoms with van der Waals surface area (Å²) in [5, 5.41) is 2.14. The molecular weight excluding hydrogens is 504 g/mol. The van der Waals surface area contributed by atoms with E-state index in [1.807, 2.05) is 42.2 Å². The molecule has 0 N–H and O–H groups in total. The molecule has 214 valence electrons. The summed E-state index contributed by atoms with van der Waals surface area (Å²) < 4.78 is 11.9. The van der Waals surface area contributed by atoms with Gasteiger partial charge in [0, 0.05) is 31.1 Å². The van der Waals surface area contributed by atoms with Gasteiger partial charge in [0.25, 0.3) is 0 Å². The first kappa shape index (κ1) is 28.3. The van der Waals surface area contributed by atoms with Crippen molar-refractivity contribution < 1.29 is 23.9 Å². The molecule has 3 heterocycles. The zero-order valence-corrected chi connectivity index (χ0v) is 24.4. The van der Waals surface area contributed by atoms with Gasteiger partial charge in [-0.15, -0.1) is 0 Å². The highest BCUT2D eigenvalue weighted by atomic mass is 16.5. The van der Waals surface area contributed by atoms with Crippen molar-refractivity contribution in [3.8, 4) is 0 Å². The minimum absolute atomic E-state index is 0.0208. The summed E-state index contributed by atoms with van der Waals surface area (Å²) in [7, 11) is 1.39. The average molecular weight is 547 g/mol. The third kappa shape index (κ3) is 5.05. The first-order chi connectivity index (χ1) is 19.1. The van der Waals surface area contributed by atoms with Crippen LogP contribution >= 0.6 is 0 Å². The molecule has 2 amide bonds. The largest absolute Gasteiger partial charge is 0.468 e. The predicted molar refractivity (Wildman–Crippen MR) is 154 cm³/mol. The Morgan fingerprint density at radius 3 is 2.45 bits per heavy atom. The predicted octanol–water partition coefficient (Wildman–Crippen LogP) is 5.47. The maximum atomic E-state index is 14.4. The van der Waals surface area contributed by atoms with Gasteiger partial charge in [-0.3, -0.25) is 14.4 Å². The van der Waals surface area contributed by atoms with Crippen LogP contribution in [0.4, 0.5) is 0 Å². The number of carbonyl (C=O) groups excluding carboxylic acids is 3. The van der Waals surface area contributed by atoms with E-state index in [2.05, 4.69) is 39.0 Å². The normalized spacial score (nSPS) is 27.3. The molecule has 2 aromatic carbocycles. The second-order valence-electron chi connectivity index (χ2n) is 12.7. The van der Waals surface area contributed by atoms with E-state index in [0.29, 0.717) is 12.2 Å². The minimum Gasteiger partial charge on any atom is -0.468 e. The Bertz CT molecular complexity index is 1320. The second-order valence-corrected chi connectivity index (χ2v) is 12.7. The van der Waals surface area contributed by atoms with Crippen LogP contribution in [-0.4, -0.2) is 60.0 Å². The number of ether oxygens (including phenoxy) is 2. The lowest BCUT2D eigenvalue weighted by Gasteiger charge is -2.53. The van der Waals surface area contributed by atoms with E-state index in [4.69, 9.17) is 9.47 Å². The fourth-order valence-electron chi connectivity index (χ4n) is 6.69. The second kappa shape index (κ2) is 11.0. The molecule has 5 rings (SSSR count). The van der Waals surface area contributed by atoms with E-state index in [-0.39, 0.29) is 36.2 Å². The zero-order valence-electron chi connectivity index (χ0n) is 24.4. The molecule has 2 aromatic rings. The van der Waals surface area contributed by atoms with Crippen molar-refractivity contribution in [3.63, 3.8) is 0 Å². The summed E-state index contributed by atoms with van der Waals surface area (Å²) in [6.07, 6.45) is 4.46. The number of hydrogen-bond donors (Lipinski definition) is 0. The van der Waals surface area contributed by atoms with Crippen molar-refractivity contribution in [1.29, 1.82) is 0 Å². The fourth-order valence-corrected chi connectivity index (χ4v) is 6.69. The monoisotopic (exact) mass is 546 g/mol. The number of methoxy groups -OCH3 is 1. The molecule has 2 saturated heterocycles. The molecule has 0 radical (unpaired) electrons. The lowest BCUT2D eigenvalue weighted by Crippen LogP contribution is -2.61. The lowest BCUT2D eigenvalue weighted by atomic mass is 9.65. The number of hydrogen-bond acceptors (Lipinski definition) is 5. The van der Waals surface area contributed by atoms with Gasteiger partial charge in [-0.05, 0) is 60.4 Å². The number of likely N-dealkylation sites (tertiary alicyclic amines) is 2. The van der Waals surface area contributed by atoms with Crippen LogP contribution in [0.5, 0.6) is 0 Å². The molecule has 3 aliphatic heterocycles. The molecule has 0 aliphatic carbocycles. The van der Waals surface area contributed by atoms with Gasteiger partial charge in [-0.2, -0.15) is 0 Å². The summed E-state index contributed by atoms with van der Waals surface area (Å²) >= 11 is 0. The molecule has 7 heteroatoms. The molecule has 4 atom stereocenters. The Morgan fingerprint density at radius 1 is 1.05 bits per heavy atom. The Hall–Kier alpha value is -3.19. The van der Waals surface area contributed by atoms with E-state index in [1.165, 1.54) is 7.11 Å². The Balaban J connectivity index is 1.61. The van der Waals surface area contributed by atoms with E-state index in [1.54, 1.807) is 4.90 Å². The van der Waals surface area contributed by atoms with Crippen molar-refractivity contribution in [1.82, 2.24) is 9.80 Å². The molecule has 0 aromatic heterocycles. The highest BCUT2D eigenvalue weighted by Gasteiger charge is 2.60. The van der Waals surface area contributed by atoms with E-state index in [0.717, 1.165) is 48.7 Å². The average Bonchev–Trinajstić information content (AvgIpc) is 2.95. The molecular formula is C33H42N2O5. The van der Waals surface area contributed by atoms with Gasteiger partial charge >= 0.3 is 5.97 Å². The van der Waals surface area contributed by atoms with E-state index < -0.39 is 23.4 Å². The van der Waals surface area contributed by atoms with Crippen LogP contribution in [-0.2, 0) is 30.4 Å². The number of amides is 2. The van der Waals surface area contributed by atoms with Crippen LogP contribution in [0.3, 0.4) is 0 Å². The van der Waals surface area contributed by atoms with Gasteiger partial charge in [0.1, 0.15) is 5.41 Å². The number of carbonyl (C=O) groups is 3. The number of rotatable bonds is 5. The molecule has 7 nitrogen and oxygen atoms in total. The van der Waals surface area contributed by atoms with Crippen LogP contribution in [0.25, 0.3) is 10.8 Å². The fraction of sp³-hybridized carbons (Fsp3) is 0.545. The van der Waals surface area contributed by atoms with E-state index >= 15 is 0 Å². The SMILES string of the molecule is COC(=O)[C@]12C[C@H](CC(=O)N3CCCCC3)C(=O)N(Cc3cccc4ccccc34)C1=C[C@H](C(C)(C)C)O[C@@H]2C. The Morgan fingerprint density at radius 2 is 1.75 bits per heavy atom. The number of benzene rings is 2. The van der Waals surface area contributed by atoms with Crippen molar-refractivity contribution in [3.05, 3.63) is 59.8 Å². The van der Waals surface area contributed by atoms with Crippen LogP contribution < -0.4 is 0 Å². The van der Waals surface area contributed by atoms with E-state index in [9.17, 15) is 14.4 Å². The standard InChI is InChI=1S/C33H42N2O5/c1-22-33(31(38)39-5)20-25(18-29(36)34-16-9-6-10-17-34)30(37)35(27(33)19-28(40-22)32(2,3)4)21-24-14-11-13-23-12-7-8-15-26(23)24/h7-8,11-15,19,22,25,28H,6,9-10,16-18,20-21H2,1-5H3/t22-,25+,28-,33+/m1/s1. The number of piperidine rings is 2. The molecule has 0 spiro atoms. The highest BCUT2D eigenvalue weighted by molar-refractivity contribution is 5.93. The van der Waals surface area contributed by atoms with Crippen molar-refractivity contribution in [2.24, 2.45) is 16.7 Å². The zero-order chi connectivity index (χ0) is 28.7. The molecule has 0 bridgehead atoms. The summed E-state index contributed by atoms with van der Waals surface area (Å²) in [5.41, 5.74) is 0.180. The van der Waals surface area contributed by atoms with Crippen LogP contribution in [0, 0.1) is 16.7 Å². The van der Waals surface area contributed by atoms with Gasteiger partial charge in [-0.1, -0.05) is 63.2 Å². The quantitative estimate of drug-likeness (QED) is 0.465. The molecule has 0 unspecified atom stereocenters. The summed E-state index contributed by atoms with van der Waals surface area (Å²) in [4.78, 5) is 45.2. The summed E-state index contributed by atoms with van der Waals surface area (Å²) in [6, 6.07) is 14.2. The van der Waals surface area contributed by atoms with Gasteiger partial charge in [0.05, 0.1) is 25.9 Å². The molecule has 3 aliphatic rings. The van der Waals surface area contributed by atoms with Crippen molar-refractivity contribution in [2.45, 2.75) is 78.6 Å². The van der Waals surface area contributed by atoms with Crippen LogP contribution in [0.15, 0.2) is 54.2 Å². The van der Waals surface area contributed by atoms with Gasteiger partial charge in [-0.25, -0.2) is 0 Å². The maximum absolute atomic E-state index is 14.4. The third-order valence-corrected chi connectivity index (χ3v) is 9.03. The number of esters is 1. The maximum Gasteiger partial charge on any atom is 0.320 e. The smallest absolute Gasteiger partial charge is 0.320 e. The topological polar surface area (TPSA) is 76.2 Å². The Kier molecular flexibility index (Phi) is 7.79. The number of fused-ring (bicyclic) bond motifs is 2. The molecule has 2 fully saturated rings. The summed E-state index contributed by atoms with van der Waals surface area (Å²) in [6.45, 7) is 9.91. The summed E-state index contributed by atoms with van der Waals surface area (Å²) in [5.74, 6) is -1.22. The Labute approximate surface area is 237 Å². The van der Waals surface area contributed by atoms with Gasteiger partial charge < -0.3 is 19.3 Å². The first-order valence-corrected chi connectivity index (χ1v) is 14.6. The van der Waals surface area contributed by atoms with Crippen molar-refractivity contribution >= 4 is 28.6 Å².